The summed E-state index contributed by atoms with van der Waals surface area (Å²) in [6, 6.07) is 17.6. The smallest absolute Gasteiger partial charge is 0.379 e. The molecule has 2 aromatic carbocycles. The first kappa shape index (κ1) is 23.8. The summed E-state index contributed by atoms with van der Waals surface area (Å²) in [5, 5.41) is 10.7. The highest BCUT2D eigenvalue weighted by Crippen LogP contribution is 2.26. The molecular weight excluding hydrogens is 473 g/mol. The summed E-state index contributed by atoms with van der Waals surface area (Å²) in [5.41, 5.74) is 1.35. The number of carbonyl (C=O) groups is 3. The minimum Gasteiger partial charge on any atom is -0.447 e. The molecule has 1 unspecified atom stereocenters. The molecule has 0 saturated carbocycles. The van der Waals surface area contributed by atoms with Crippen molar-refractivity contribution < 1.29 is 23.5 Å². The van der Waals surface area contributed by atoms with Gasteiger partial charge in [0, 0.05) is 6.54 Å². The van der Waals surface area contributed by atoms with Gasteiger partial charge in [-0.1, -0.05) is 36.4 Å². The van der Waals surface area contributed by atoms with Gasteiger partial charge in [0.25, 0.3) is 11.7 Å². The highest BCUT2D eigenvalue weighted by atomic mass is 32.1. The number of urea groups is 1. The Kier molecular flexibility index (Phi) is 7.27. The molecule has 35 heavy (non-hydrogen) atoms. The first-order valence-electron chi connectivity index (χ1n) is 10.5. The Balaban J connectivity index is 1.42. The molecule has 0 aliphatic heterocycles. The van der Waals surface area contributed by atoms with Crippen LogP contribution < -0.4 is 10.6 Å². The molecule has 0 spiro atoms. The molecule has 178 valence electrons. The summed E-state index contributed by atoms with van der Waals surface area (Å²) < 4.78 is 19.9. The van der Waals surface area contributed by atoms with E-state index >= 15 is 0 Å². The van der Waals surface area contributed by atoms with Gasteiger partial charge in [-0.3, -0.25) is 10.1 Å². The first-order chi connectivity index (χ1) is 16.9. The number of thiophene rings is 1. The monoisotopic (exact) mass is 493 g/mol. The predicted octanol–water partition coefficient (Wildman–Crippen LogP) is 3.71. The van der Waals surface area contributed by atoms with Gasteiger partial charge in [0.15, 0.2) is 11.9 Å². The zero-order valence-electron chi connectivity index (χ0n) is 18.5. The molecule has 0 aliphatic carbocycles. The first-order valence-corrected chi connectivity index (χ1v) is 11.4. The molecule has 0 bridgehead atoms. The van der Waals surface area contributed by atoms with Crippen LogP contribution in [0.15, 0.2) is 72.1 Å². The average molecular weight is 494 g/mol. The number of amides is 3. The second kappa shape index (κ2) is 10.7. The van der Waals surface area contributed by atoms with Gasteiger partial charge in [0.2, 0.25) is 0 Å². The maximum Gasteiger partial charge on any atom is 0.379 e. The van der Waals surface area contributed by atoms with E-state index in [1.807, 2.05) is 41.8 Å². The van der Waals surface area contributed by atoms with E-state index in [4.69, 9.17) is 4.74 Å². The van der Waals surface area contributed by atoms with Crippen LogP contribution in [0, 0.1) is 5.82 Å². The lowest BCUT2D eigenvalue weighted by molar-refractivity contribution is -0.127. The number of ether oxygens (including phenoxy) is 1. The van der Waals surface area contributed by atoms with E-state index in [-0.39, 0.29) is 12.4 Å². The lowest BCUT2D eigenvalue weighted by Crippen LogP contribution is -2.44. The average Bonchev–Trinajstić information content (AvgIpc) is 3.54. The fraction of sp³-hybridized carbons (Fsp3) is 0.125. The predicted molar refractivity (Wildman–Crippen MR) is 126 cm³/mol. The fourth-order valence-electron chi connectivity index (χ4n) is 3.03. The van der Waals surface area contributed by atoms with E-state index < -0.39 is 29.8 Å². The highest BCUT2D eigenvalue weighted by Gasteiger charge is 2.25. The molecular formula is C24H20FN5O4S. The molecule has 9 nitrogen and oxygen atoms in total. The van der Waals surface area contributed by atoms with Crippen molar-refractivity contribution in [1.29, 1.82) is 0 Å². The molecule has 4 rings (SSSR count). The van der Waals surface area contributed by atoms with Crippen LogP contribution in [0.25, 0.3) is 16.4 Å². The normalized spacial score (nSPS) is 11.5. The number of nitrogens with zero attached hydrogens (tertiary/aromatic N) is 3. The zero-order valence-corrected chi connectivity index (χ0v) is 19.3. The number of esters is 1. The van der Waals surface area contributed by atoms with Crippen LogP contribution in [-0.2, 0) is 16.1 Å². The number of benzene rings is 2. The quantitative estimate of drug-likeness (QED) is 0.379. The van der Waals surface area contributed by atoms with Crippen molar-refractivity contribution in [2.45, 2.75) is 19.6 Å². The second-order valence-corrected chi connectivity index (χ2v) is 8.28. The maximum atomic E-state index is 13.4. The molecule has 0 saturated heterocycles. The van der Waals surface area contributed by atoms with Gasteiger partial charge in [-0.15, -0.1) is 16.4 Å². The van der Waals surface area contributed by atoms with Gasteiger partial charge in [-0.2, -0.15) is 4.98 Å². The van der Waals surface area contributed by atoms with Crippen molar-refractivity contribution in [2.24, 2.45) is 0 Å². The van der Waals surface area contributed by atoms with Crippen LogP contribution in [0.1, 0.15) is 23.1 Å². The van der Waals surface area contributed by atoms with E-state index in [1.54, 1.807) is 6.07 Å². The fourth-order valence-corrected chi connectivity index (χ4v) is 3.73. The molecule has 2 heterocycles. The van der Waals surface area contributed by atoms with Gasteiger partial charge < -0.3 is 10.1 Å². The van der Waals surface area contributed by atoms with E-state index in [1.165, 1.54) is 47.2 Å². The molecule has 0 fully saturated rings. The Bertz CT molecular complexity index is 1320. The SMILES string of the molecule is CC(OC(=O)c1nc(-c2cccs2)n(-c2ccc(F)cc2)n1)C(=O)NC(=O)NCc1ccccc1. The van der Waals surface area contributed by atoms with E-state index in [2.05, 4.69) is 20.7 Å². The largest absolute Gasteiger partial charge is 0.447 e. The van der Waals surface area contributed by atoms with Crippen LogP contribution in [0.3, 0.4) is 0 Å². The third-order valence-electron chi connectivity index (χ3n) is 4.79. The maximum absolute atomic E-state index is 13.4. The van der Waals surface area contributed by atoms with Gasteiger partial charge in [0.1, 0.15) is 5.82 Å². The Labute approximate surface area is 203 Å². The van der Waals surface area contributed by atoms with Crippen LogP contribution in [-0.4, -0.2) is 38.8 Å². The van der Waals surface area contributed by atoms with E-state index in [9.17, 15) is 18.8 Å². The number of nitrogens with one attached hydrogen (secondary N) is 2. The minimum absolute atomic E-state index is 0.227. The summed E-state index contributed by atoms with van der Waals surface area (Å²) in [4.78, 5) is 42.0. The molecule has 11 heteroatoms. The van der Waals surface area contributed by atoms with Crippen molar-refractivity contribution in [2.75, 3.05) is 0 Å². The van der Waals surface area contributed by atoms with E-state index in [0.29, 0.717) is 11.5 Å². The van der Waals surface area contributed by atoms with Crippen LogP contribution in [0.5, 0.6) is 0 Å². The minimum atomic E-state index is -1.28. The van der Waals surface area contributed by atoms with Crippen LogP contribution in [0.2, 0.25) is 0 Å². The van der Waals surface area contributed by atoms with Crippen molar-refractivity contribution in [3.63, 3.8) is 0 Å². The summed E-state index contributed by atoms with van der Waals surface area (Å²) in [6.07, 6.45) is -1.28. The zero-order chi connectivity index (χ0) is 24.8. The molecule has 4 aromatic rings. The van der Waals surface area contributed by atoms with Crippen molar-refractivity contribution in [3.8, 4) is 16.4 Å². The number of carbonyl (C=O) groups excluding carboxylic acids is 3. The summed E-state index contributed by atoms with van der Waals surface area (Å²) >= 11 is 1.38. The standard InChI is InChI=1S/C24H20FN5O4S/c1-15(22(31)28-24(33)26-14-16-6-3-2-4-7-16)34-23(32)20-27-21(19-8-5-13-35-19)30(29-20)18-11-9-17(25)10-12-18/h2-13,15H,14H2,1H3,(H2,26,28,31,33). The third-order valence-corrected chi connectivity index (χ3v) is 5.65. The van der Waals surface area contributed by atoms with E-state index in [0.717, 1.165) is 10.4 Å². The summed E-state index contributed by atoms with van der Waals surface area (Å²) in [5.74, 6) is -2.10. The number of imide groups is 1. The van der Waals surface area contributed by atoms with Crippen molar-refractivity contribution in [3.05, 3.63) is 89.3 Å². The number of hydrogen-bond acceptors (Lipinski definition) is 7. The number of hydrogen-bond donors (Lipinski definition) is 2. The summed E-state index contributed by atoms with van der Waals surface area (Å²) in [7, 11) is 0. The number of rotatable bonds is 7. The van der Waals surface area contributed by atoms with Crippen molar-refractivity contribution >= 4 is 29.2 Å². The molecule has 1 atom stereocenters. The van der Waals surface area contributed by atoms with Crippen LogP contribution >= 0.6 is 11.3 Å². The Morgan fingerprint density at radius 1 is 1.06 bits per heavy atom. The lowest BCUT2D eigenvalue weighted by atomic mass is 10.2. The van der Waals surface area contributed by atoms with Gasteiger partial charge in [-0.05, 0) is 48.2 Å². The van der Waals surface area contributed by atoms with Crippen molar-refractivity contribution in [1.82, 2.24) is 25.4 Å². The third kappa shape index (κ3) is 5.95. The molecule has 2 aromatic heterocycles. The van der Waals surface area contributed by atoms with Gasteiger partial charge in [-0.25, -0.2) is 18.7 Å². The lowest BCUT2D eigenvalue weighted by Gasteiger charge is -2.12. The van der Waals surface area contributed by atoms with Gasteiger partial charge in [0.05, 0.1) is 10.6 Å². The topological polar surface area (TPSA) is 115 Å². The molecule has 2 N–H and O–H groups in total. The number of aromatic nitrogens is 3. The second-order valence-electron chi connectivity index (χ2n) is 7.33. The highest BCUT2D eigenvalue weighted by molar-refractivity contribution is 7.13. The van der Waals surface area contributed by atoms with Crippen LogP contribution in [0.4, 0.5) is 9.18 Å². The summed E-state index contributed by atoms with van der Waals surface area (Å²) in [6.45, 7) is 1.55. The molecule has 0 radical (unpaired) electrons. The molecule has 0 aliphatic rings. The van der Waals surface area contributed by atoms with Gasteiger partial charge >= 0.3 is 12.0 Å². The Morgan fingerprint density at radius 2 is 1.80 bits per heavy atom. The molecule has 3 amide bonds. The Morgan fingerprint density at radius 3 is 2.49 bits per heavy atom. The number of halogens is 1. The Hall–Kier alpha value is -4.38.